The highest BCUT2D eigenvalue weighted by Crippen LogP contribution is 2.34. The molecular weight excluding hydrogens is 384 g/mol. The molecule has 2 amide bonds. The summed E-state index contributed by atoms with van der Waals surface area (Å²) in [5.41, 5.74) is 1.36. The van der Waals surface area contributed by atoms with Gasteiger partial charge in [-0.1, -0.05) is 6.07 Å². The normalized spacial score (nSPS) is 19.8. The van der Waals surface area contributed by atoms with Gasteiger partial charge in [0, 0.05) is 38.8 Å². The van der Waals surface area contributed by atoms with E-state index in [0.717, 1.165) is 6.42 Å². The van der Waals surface area contributed by atoms with Crippen LogP contribution in [0.1, 0.15) is 30.7 Å². The Hall–Kier alpha value is -3.49. The van der Waals surface area contributed by atoms with Gasteiger partial charge in [-0.25, -0.2) is 9.97 Å². The molecule has 3 heterocycles. The third kappa shape index (κ3) is 4.40. The number of carbonyl (C=O) groups excluding carboxylic acids is 2. The van der Waals surface area contributed by atoms with Gasteiger partial charge in [0.15, 0.2) is 0 Å². The zero-order valence-electron chi connectivity index (χ0n) is 16.8. The minimum Gasteiger partial charge on any atom is -0.494 e. The number of aliphatic imine (C=N–C) groups is 1. The Morgan fingerprint density at radius 2 is 2.03 bits per heavy atom. The van der Waals surface area contributed by atoms with E-state index in [0.29, 0.717) is 61.2 Å². The number of amides is 2. The fraction of sp³-hybridized carbons (Fsp3) is 0.381. The summed E-state index contributed by atoms with van der Waals surface area (Å²) in [6, 6.07) is 7.34. The van der Waals surface area contributed by atoms with Crippen molar-refractivity contribution in [3.63, 3.8) is 0 Å². The topological polar surface area (TPSA) is 109 Å². The molecule has 9 heteroatoms. The number of fused-ring (bicyclic) bond motifs is 2. The maximum absolute atomic E-state index is 12.5. The molecule has 2 aliphatic heterocycles. The highest BCUT2D eigenvalue weighted by molar-refractivity contribution is 6.13. The summed E-state index contributed by atoms with van der Waals surface area (Å²) in [6.45, 7) is 1.70. The smallest absolute Gasteiger partial charge is 0.238 e. The van der Waals surface area contributed by atoms with Gasteiger partial charge in [0.2, 0.25) is 11.8 Å². The van der Waals surface area contributed by atoms with E-state index >= 15 is 0 Å². The van der Waals surface area contributed by atoms with Gasteiger partial charge in [-0.15, -0.1) is 0 Å². The molecule has 2 aliphatic rings. The molecule has 0 radical (unpaired) electrons. The molecule has 1 unspecified atom stereocenters. The Kier molecular flexibility index (Phi) is 5.87. The van der Waals surface area contributed by atoms with Gasteiger partial charge in [0.05, 0.1) is 17.9 Å². The lowest BCUT2D eigenvalue weighted by molar-refractivity contribution is -0.130. The summed E-state index contributed by atoms with van der Waals surface area (Å²) in [4.78, 5) is 39.5. The number of nitrogens with one attached hydrogen (secondary N) is 2. The van der Waals surface area contributed by atoms with E-state index in [1.54, 1.807) is 11.1 Å². The molecule has 9 nitrogen and oxygen atoms in total. The SMILES string of the molecule is CN1CCCNc2ncnc3c2C(C=Nc2cccc(c2)OCCCC1=O)C(=O)N3. The van der Waals surface area contributed by atoms with E-state index in [1.807, 2.05) is 31.3 Å². The van der Waals surface area contributed by atoms with Crippen LogP contribution in [0.25, 0.3) is 0 Å². The predicted molar refractivity (Wildman–Crippen MR) is 113 cm³/mol. The first-order chi connectivity index (χ1) is 14.6. The van der Waals surface area contributed by atoms with Crippen LogP contribution in [0.2, 0.25) is 0 Å². The highest BCUT2D eigenvalue weighted by atomic mass is 16.5. The lowest BCUT2D eigenvalue weighted by Crippen LogP contribution is -2.29. The van der Waals surface area contributed by atoms with Crippen LogP contribution < -0.4 is 15.4 Å². The van der Waals surface area contributed by atoms with Crippen molar-refractivity contribution >= 4 is 35.4 Å². The Bertz CT molecular complexity index is 977. The minimum atomic E-state index is -0.587. The van der Waals surface area contributed by atoms with E-state index in [-0.39, 0.29) is 11.8 Å². The quantitative estimate of drug-likeness (QED) is 0.693. The number of hydrogen-bond donors (Lipinski definition) is 2. The number of rotatable bonds is 0. The molecule has 0 saturated carbocycles. The maximum Gasteiger partial charge on any atom is 0.238 e. The molecule has 2 N–H and O–H groups in total. The first-order valence-corrected chi connectivity index (χ1v) is 10.0. The van der Waals surface area contributed by atoms with Gasteiger partial charge in [0.1, 0.15) is 29.6 Å². The zero-order valence-corrected chi connectivity index (χ0v) is 16.8. The van der Waals surface area contributed by atoms with Crippen LogP contribution in [-0.4, -0.2) is 59.6 Å². The second-order valence-electron chi connectivity index (χ2n) is 7.27. The van der Waals surface area contributed by atoms with Crippen LogP contribution in [0.5, 0.6) is 5.75 Å². The molecule has 0 fully saturated rings. The number of benzene rings is 1. The molecule has 1 atom stereocenters. The average Bonchev–Trinajstić information content (AvgIpc) is 3.07. The number of nitrogens with zero attached hydrogens (tertiary/aromatic N) is 4. The zero-order chi connectivity index (χ0) is 20.9. The first-order valence-electron chi connectivity index (χ1n) is 10.0. The molecule has 0 saturated heterocycles. The molecule has 0 spiro atoms. The van der Waals surface area contributed by atoms with Crippen LogP contribution in [-0.2, 0) is 9.59 Å². The predicted octanol–water partition coefficient (Wildman–Crippen LogP) is 2.35. The van der Waals surface area contributed by atoms with Crippen LogP contribution >= 0.6 is 0 Å². The van der Waals surface area contributed by atoms with Crippen LogP contribution in [0.3, 0.4) is 0 Å². The summed E-state index contributed by atoms with van der Waals surface area (Å²) < 4.78 is 5.76. The van der Waals surface area contributed by atoms with E-state index < -0.39 is 5.92 Å². The highest BCUT2D eigenvalue weighted by Gasteiger charge is 2.33. The molecule has 4 rings (SSSR count). The molecule has 2 bridgehead atoms. The average molecular weight is 408 g/mol. The van der Waals surface area contributed by atoms with Gasteiger partial charge < -0.3 is 20.3 Å². The molecule has 2 aromatic rings. The largest absolute Gasteiger partial charge is 0.494 e. The summed E-state index contributed by atoms with van der Waals surface area (Å²) in [5.74, 6) is 1.08. The van der Waals surface area contributed by atoms with Crippen LogP contribution in [0, 0.1) is 0 Å². The molecule has 156 valence electrons. The third-order valence-electron chi connectivity index (χ3n) is 5.10. The monoisotopic (exact) mass is 408 g/mol. The number of anilines is 2. The van der Waals surface area contributed by atoms with Gasteiger partial charge in [-0.05, 0) is 25.0 Å². The van der Waals surface area contributed by atoms with Gasteiger partial charge in [-0.2, -0.15) is 0 Å². The van der Waals surface area contributed by atoms with E-state index in [9.17, 15) is 9.59 Å². The Morgan fingerprint density at radius 1 is 1.17 bits per heavy atom. The number of hydrogen-bond acceptors (Lipinski definition) is 7. The summed E-state index contributed by atoms with van der Waals surface area (Å²) in [6.07, 6.45) is 4.87. The molecule has 1 aromatic heterocycles. The second-order valence-corrected chi connectivity index (χ2v) is 7.27. The second kappa shape index (κ2) is 8.89. The first kappa shape index (κ1) is 19.8. The van der Waals surface area contributed by atoms with E-state index in [2.05, 4.69) is 25.6 Å². The van der Waals surface area contributed by atoms with Crippen molar-refractivity contribution in [1.82, 2.24) is 14.9 Å². The lowest BCUT2D eigenvalue weighted by atomic mass is 10.0. The summed E-state index contributed by atoms with van der Waals surface area (Å²) in [5, 5.41) is 6.07. The summed E-state index contributed by atoms with van der Waals surface area (Å²) >= 11 is 0. The van der Waals surface area contributed by atoms with Gasteiger partial charge in [0.25, 0.3) is 0 Å². The van der Waals surface area contributed by atoms with Crippen molar-refractivity contribution in [2.75, 3.05) is 37.4 Å². The molecule has 1 aromatic carbocycles. The standard InChI is InChI=1S/C21H24N6O3/c1-27-9-4-8-22-19-18-16(21(29)26-20(18)25-13-24-19)12-23-14-5-2-6-15(11-14)30-10-3-7-17(27)28/h2,5-6,11-13,16H,3-4,7-10H2,1H3,(H2,22,24,25,26,29). The molecule has 30 heavy (non-hydrogen) atoms. The Morgan fingerprint density at radius 3 is 2.93 bits per heavy atom. The third-order valence-corrected chi connectivity index (χ3v) is 5.10. The van der Waals surface area contributed by atoms with Crippen molar-refractivity contribution in [1.29, 1.82) is 0 Å². The number of carbonyl (C=O) groups is 2. The van der Waals surface area contributed by atoms with Gasteiger partial charge >= 0.3 is 0 Å². The maximum atomic E-state index is 12.5. The number of aromatic nitrogens is 2. The van der Waals surface area contributed by atoms with Gasteiger partial charge in [-0.3, -0.25) is 14.6 Å². The van der Waals surface area contributed by atoms with E-state index in [1.165, 1.54) is 6.33 Å². The van der Waals surface area contributed by atoms with Crippen molar-refractivity contribution in [3.8, 4) is 5.75 Å². The van der Waals surface area contributed by atoms with Crippen molar-refractivity contribution in [2.24, 2.45) is 4.99 Å². The number of ether oxygens (including phenoxy) is 1. The Balaban J connectivity index is 1.63. The molecular formula is C21H24N6O3. The Labute approximate surface area is 174 Å². The van der Waals surface area contributed by atoms with Crippen molar-refractivity contribution < 1.29 is 14.3 Å². The lowest BCUT2D eigenvalue weighted by Gasteiger charge is -2.18. The van der Waals surface area contributed by atoms with Crippen LogP contribution in [0.15, 0.2) is 35.6 Å². The summed E-state index contributed by atoms with van der Waals surface area (Å²) in [7, 11) is 1.81. The fourth-order valence-electron chi connectivity index (χ4n) is 3.46. The van der Waals surface area contributed by atoms with Crippen molar-refractivity contribution in [3.05, 3.63) is 36.2 Å². The van der Waals surface area contributed by atoms with Crippen molar-refractivity contribution in [2.45, 2.75) is 25.2 Å². The minimum absolute atomic E-state index is 0.0934. The molecule has 0 aliphatic carbocycles. The fourth-order valence-corrected chi connectivity index (χ4v) is 3.46. The van der Waals surface area contributed by atoms with E-state index in [4.69, 9.17) is 4.74 Å². The van der Waals surface area contributed by atoms with Crippen LogP contribution in [0.4, 0.5) is 17.3 Å².